The molecular formula is C79H142O17P2. The molecule has 0 fully saturated rings. The summed E-state index contributed by atoms with van der Waals surface area (Å²) in [5, 5.41) is 10.6. The molecule has 0 radical (unpaired) electrons. The largest absolute Gasteiger partial charge is 0.472 e. The molecule has 0 aromatic carbocycles. The van der Waals surface area contributed by atoms with E-state index in [1.54, 1.807) is 0 Å². The Bertz CT molecular complexity index is 2140. The molecule has 0 saturated heterocycles. The number of hydrogen-bond donors (Lipinski definition) is 3. The predicted molar refractivity (Wildman–Crippen MR) is 400 cm³/mol. The first kappa shape index (κ1) is 94.5. The number of esters is 4. The van der Waals surface area contributed by atoms with Gasteiger partial charge in [-0.25, -0.2) is 9.13 Å². The summed E-state index contributed by atoms with van der Waals surface area (Å²) in [6.07, 6.45) is 71.8. The molecule has 0 rings (SSSR count). The summed E-state index contributed by atoms with van der Waals surface area (Å²) in [5.74, 6) is -2.23. The van der Waals surface area contributed by atoms with E-state index in [1.807, 2.05) is 12.2 Å². The molecule has 0 aliphatic heterocycles. The van der Waals surface area contributed by atoms with Gasteiger partial charge in [-0.15, -0.1) is 0 Å². The molecule has 0 aliphatic carbocycles. The quantitative estimate of drug-likeness (QED) is 0.0169. The first-order valence-electron chi connectivity index (χ1n) is 39.2. The number of allylic oxidation sites excluding steroid dienone is 12. The molecule has 3 N–H and O–H groups in total. The zero-order valence-electron chi connectivity index (χ0n) is 62.2. The fourth-order valence-corrected chi connectivity index (χ4v) is 12.2. The number of carbonyl (C=O) groups excluding carboxylic acids is 4. The summed E-state index contributed by atoms with van der Waals surface area (Å²) in [5.41, 5.74) is 0. The van der Waals surface area contributed by atoms with Gasteiger partial charge in [0.1, 0.15) is 19.3 Å². The van der Waals surface area contributed by atoms with Crippen molar-refractivity contribution in [1.29, 1.82) is 0 Å². The summed E-state index contributed by atoms with van der Waals surface area (Å²) in [6, 6.07) is 0. The Morgan fingerprint density at radius 2 is 0.510 bits per heavy atom. The molecular weight excluding hydrogens is 1280 g/mol. The van der Waals surface area contributed by atoms with E-state index in [0.717, 1.165) is 122 Å². The van der Waals surface area contributed by atoms with Crippen LogP contribution in [-0.2, 0) is 65.4 Å². The summed E-state index contributed by atoms with van der Waals surface area (Å²) in [7, 11) is -9.96. The maximum absolute atomic E-state index is 13.1. The molecule has 98 heavy (non-hydrogen) atoms. The van der Waals surface area contributed by atoms with Crippen molar-refractivity contribution in [2.75, 3.05) is 39.6 Å². The Balaban J connectivity index is 5.39. The Kier molecular flexibility index (Phi) is 69.3. The number of unbranched alkanes of at least 4 members (excludes halogenated alkanes) is 36. The molecule has 5 atom stereocenters. The Morgan fingerprint density at radius 3 is 0.847 bits per heavy atom. The SMILES string of the molecule is CCCCC/C=C\C/C=C\C/C=C\C/C=C\CCCC(=O)O[C@H](COC(=O)CCCCCCC/C=C\CCCCCCCC)COP(=O)(O)OC[C@H](O)COP(=O)(O)OC[C@@H](COC(=O)CCCCCCCCCCCCCCC)OC(=O)CCCCCCC/C=C\CCCCCC. The summed E-state index contributed by atoms with van der Waals surface area (Å²) >= 11 is 0. The average molecular weight is 1430 g/mol. The molecule has 0 aliphatic rings. The molecule has 0 bridgehead atoms. The third-order valence-corrected chi connectivity index (χ3v) is 18.5. The molecule has 0 spiro atoms. The Morgan fingerprint density at radius 1 is 0.286 bits per heavy atom. The number of hydrogen-bond acceptors (Lipinski definition) is 15. The lowest BCUT2D eigenvalue weighted by atomic mass is 10.0. The lowest BCUT2D eigenvalue weighted by molar-refractivity contribution is -0.161. The van der Waals surface area contributed by atoms with Crippen LogP contribution in [0.1, 0.15) is 349 Å². The highest BCUT2D eigenvalue weighted by Gasteiger charge is 2.30. The minimum atomic E-state index is -4.99. The summed E-state index contributed by atoms with van der Waals surface area (Å²) in [4.78, 5) is 72.8. The average Bonchev–Trinajstić information content (AvgIpc) is 1.02. The van der Waals surface area contributed by atoms with Gasteiger partial charge >= 0.3 is 39.5 Å². The van der Waals surface area contributed by atoms with Gasteiger partial charge in [0.2, 0.25) is 0 Å². The first-order valence-corrected chi connectivity index (χ1v) is 42.2. The fourth-order valence-electron chi connectivity index (χ4n) is 10.6. The van der Waals surface area contributed by atoms with Crippen molar-refractivity contribution >= 4 is 39.5 Å². The highest BCUT2D eigenvalue weighted by Crippen LogP contribution is 2.45. The van der Waals surface area contributed by atoms with Crippen LogP contribution in [0.25, 0.3) is 0 Å². The highest BCUT2D eigenvalue weighted by molar-refractivity contribution is 7.47. The zero-order chi connectivity index (χ0) is 71.8. The van der Waals surface area contributed by atoms with Crippen LogP contribution in [0.15, 0.2) is 72.9 Å². The minimum Gasteiger partial charge on any atom is -0.462 e. The van der Waals surface area contributed by atoms with Gasteiger partial charge in [-0.2, -0.15) is 0 Å². The van der Waals surface area contributed by atoms with Crippen LogP contribution in [0, 0.1) is 0 Å². The maximum Gasteiger partial charge on any atom is 0.472 e. The third-order valence-electron chi connectivity index (χ3n) is 16.6. The van der Waals surface area contributed by atoms with E-state index in [2.05, 4.69) is 88.5 Å². The van der Waals surface area contributed by atoms with Gasteiger partial charge in [0.25, 0.3) is 0 Å². The molecule has 570 valence electrons. The number of rotatable bonds is 74. The number of phosphoric acid groups is 2. The van der Waals surface area contributed by atoms with E-state index < -0.39 is 97.5 Å². The van der Waals surface area contributed by atoms with Crippen molar-refractivity contribution in [1.82, 2.24) is 0 Å². The molecule has 2 unspecified atom stereocenters. The topological polar surface area (TPSA) is 237 Å². The third kappa shape index (κ3) is 70.9. The van der Waals surface area contributed by atoms with Crippen molar-refractivity contribution < 1.29 is 80.2 Å². The number of carbonyl (C=O) groups is 4. The van der Waals surface area contributed by atoms with E-state index in [0.29, 0.717) is 32.1 Å². The number of aliphatic hydroxyl groups excluding tert-OH is 1. The predicted octanol–water partition coefficient (Wildman–Crippen LogP) is 22.4. The van der Waals surface area contributed by atoms with Crippen molar-refractivity contribution in [2.45, 2.75) is 367 Å². The lowest BCUT2D eigenvalue weighted by Gasteiger charge is -2.21. The molecule has 0 aromatic heterocycles. The smallest absolute Gasteiger partial charge is 0.462 e. The fraction of sp³-hybridized carbons (Fsp3) is 0.797. The second-order valence-corrected chi connectivity index (χ2v) is 29.2. The monoisotopic (exact) mass is 1420 g/mol. The van der Waals surface area contributed by atoms with Gasteiger partial charge < -0.3 is 33.8 Å². The van der Waals surface area contributed by atoms with E-state index >= 15 is 0 Å². The lowest BCUT2D eigenvalue weighted by Crippen LogP contribution is -2.30. The molecule has 0 heterocycles. The van der Waals surface area contributed by atoms with E-state index in [4.69, 9.17) is 37.0 Å². The van der Waals surface area contributed by atoms with E-state index in [9.17, 15) is 43.2 Å². The van der Waals surface area contributed by atoms with Crippen molar-refractivity contribution in [3.8, 4) is 0 Å². The van der Waals surface area contributed by atoms with Crippen LogP contribution in [0.3, 0.4) is 0 Å². The van der Waals surface area contributed by atoms with Gasteiger partial charge in [-0.3, -0.25) is 37.3 Å². The Hall–Kier alpha value is -3.50. The number of phosphoric ester groups is 2. The van der Waals surface area contributed by atoms with Crippen LogP contribution >= 0.6 is 15.6 Å². The van der Waals surface area contributed by atoms with Gasteiger partial charge in [0, 0.05) is 25.7 Å². The highest BCUT2D eigenvalue weighted by atomic mass is 31.2. The molecule has 0 saturated carbocycles. The second kappa shape index (κ2) is 71.9. The van der Waals surface area contributed by atoms with Crippen LogP contribution in [0.5, 0.6) is 0 Å². The molecule has 19 heteroatoms. The zero-order valence-corrected chi connectivity index (χ0v) is 64.0. The van der Waals surface area contributed by atoms with Gasteiger partial charge in [-0.1, -0.05) is 280 Å². The van der Waals surface area contributed by atoms with E-state index in [-0.39, 0.29) is 25.7 Å². The maximum atomic E-state index is 13.1. The minimum absolute atomic E-state index is 0.0201. The van der Waals surface area contributed by atoms with Gasteiger partial charge in [0.15, 0.2) is 12.2 Å². The summed E-state index contributed by atoms with van der Waals surface area (Å²) < 4.78 is 68.4. The van der Waals surface area contributed by atoms with E-state index in [1.165, 1.54) is 141 Å². The van der Waals surface area contributed by atoms with Gasteiger partial charge in [0.05, 0.1) is 26.4 Å². The standard InChI is InChI=1S/C79H142O17P2/c1-5-9-13-17-21-25-29-33-35-36-38-42-46-50-54-58-62-66-79(84)96-75(70-90-77(82)64-60-56-52-48-44-41-37-34-30-26-22-18-14-10-6-2)72-94-98(87,88)92-68-73(80)67-91-97(85,86)93-71-74(95-78(83)65-61-57-53-49-45-40-32-28-24-20-16-12-8-4)69-89-76(81)63-59-55-51-47-43-39-31-27-23-19-15-11-7-3/h21,25,28,32-35,37-38,42,50,54,73-75,80H,5-20,22-24,26-27,29-31,36,39-41,43-49,51-53,55-72H2,1-4H3,(H,85,86)(H,87,88)/b25-21-,32-28-,35-33-,37-34-,42-38-,54-50-/t73-,74-,75-/m1/s1. The van der Waals surface area contributed by atoms with Crippen LogP contribution in [-0.4, -0.2) is 96.7 Å². The van der Waals surface area contributed by atoms with Crippen molar-refractivity contribution in [3.05, 3.63) is 72.9 Å². The number of aliphatic hydroxyl groups is 1. The van der Waals surface area contributed by atoms with Crippen LogP contribution < -0.4 is 0 Å². The molecule has 0 aromatic rings. The first-order chi connectivity index (χ1) is 47.7. The number of ether oxygens (including phenoxy) is 4. The molecule has 17 nitrogen and oxygen atoms in total. The van der Waals surface area contributed by atoms with Crippen molar-refractivity contribution in [2.24, 2.45) is 0 Å². The van der Waals surface area contributed by atoms with Crippen molar-refractivity contribution in [3.63, 3.8) is 0 Å². The molecule has 0 amide bonds. The second-order valence-electron chi connectivity index (χ2n) is 26.3. The van der Waals surface area contributed by atoms with Crippen LogP contribution in [0.2, 0.25) is 0 Å². The summed E-state index contributed by atoms with van der Waals surface area (Å²) in [6.45, 7) is 4.79. The van der Waals surface area contributed by atoms with Gasteiger partial charge in [-0.05, 0) is 116 Å². The Labute approximate surface area is 596 Å². The normalized spacial score (nSPS) is 14.3. The van der Waals surface area contributed by atoms with Crippen LogP contribution in [0.4, 0.5) is 0 Å².